The lowest BCUT2D eigenvalue weighted by Crippen LogP contribution is -2.23. The number of para-hydroxylation sites is 1. The SMILES string of the molecule is Cc1nnc(S[C@@H](C)C(=O)Nc2ccccc2)[nH]c1=O. The normalized spacial score (nSPS) is 11.9. The molecule has 2 N–H and O–H groups in total. The van der Waals surface area contributed by atoms with Crippen LogP contribution in [0.3, 0.4) is 0 Å². The van der Waals surface area contributed by atoms with E-state index in [2.05, 4.69) is 20.5 Å². The Hall–Kier alpha value is -2.15. The van der Waals surface area contributed by atoms with Gasteiger partial charge in [0.2, 0.25) is 5.91 Å². The number of nitrogens with one attached hydrogen (secondary N) is 2. The van der Waals surface area contributed by atoms with Crippen LogP contribution in [-0.4, -0.2) is 26.3 Å². The van der Waals surface area contributed by atoms with Crippen LogP contribution in [-0.2, 0) is 4.79 Å². The molecule has 0 aliphatic rings. The van der Waals surface area contributed by atoms with Crippen LogP contribution in [0.5, 0.6) is 0 Å². The summed E-state index contributed by atoms with van der Waals surface area (Å²) in [7, 11) is 0. The quantitative estimate of drug-likeness (QED) is 0.835. The van der Waals surface area contributed by atoms with Crippen LogP contribution in [0.4, 0.5) is 5.69 Å². The summed E-state index contributed by atoms with van der Waals surface area (Å²) in [6.07, 6.45) is 0. The molecule has 0 radical (unpaired) electrons. The van der Waals surface area contributed by atoms with E-state index in [1.165, 1.54) is 0 Å². The second kappa shape index (κ2) is 6.33. The average molecular weight is 290 g/mol. The van der Waals surface area contributed by atoms with E-state index in [9.17, 15) is 9.59 Å². The highest BCUT2D eigenvalue weighted by Crippen LogP contribution is 2.19. The zero-order valence-corrected chi connectivity index (χ0v) is 11.9. The van der Waals surface area contributed by atoms with Crippen molar-refractivity contribution in [2.75, 3.05) is 5.32 Å². The van der Waals surface area contributed by atoms with Crippen molar-refractivity contribution >= 4 is 23.4 Å². The molecule has 1 aromatic carbocycles. The number of rotatable bonds is 4. The third kappa shape index (κ3) is 3.67. The number of aryl methyl sites for hydroxylation is 1. The van der Waals surface area contributed by atoms with Gasteiger partial charge in [-0.15, -0.1) is 10.2 Å². The molecule has 20 heavy (non-hydrogen) atoms. The summed E-state index contributed by atoms with van der Waals surface area (Å²) >= 11 is 1.15. The van der Waals surface area contributed by atoms with Gasteiger partial charge in [0.05, 0.1) is 5.25 Å². The predicted molar refractivity (Wildman–Crippen MR) is 77.8 cm³/mol. The molecule has 0 aliphatic carbocycles. The Morgan fingerprint density at radius 3 is 2.65 bits per heavy atom. The number of hydrogen-bond acceptors (Lipinski definition) is 5. The van der Waals surface area contributed by atoms with Gasteiger partial charge in [0.15, 0.2) is 5.16 Å². The zero-order valence-electron chi connectivity index (χ0n) is 11.1. The van der Waals surface area contributed by atoms with E-state index in [0.717, 1.165) is 17.4 Å². The third-order valence-corrected chi connectivity index (χ3v) is 3.51. The van der Waals surface area contributed by atoms with Crippen molar-refractivity contribution in [3.05, 3.63) is 46.4 Å². The number of H-pyrrole nitrogens is 1. The van der Waals surface area contributed by atoms with E-state index in [4.69, 9.17) is 0 Å². The van der Waals surface area contributed by atoms with Crippen LogP contribution < -0.4 is 10.9 Å². The molecular formula is C13H14N4O2S. The fourth-order valence-corrected chi connectivity index (χ4v) is 2.16. The van der Waals surface area contributed by atoms with Gasteiger partial charge in [-0.3, -0.25) is 14.6 Å². The second-order valence-electron chi connectivity index (χ2n) is 4.16. The number of anilines is 1. The summed E-state index contributed by atoms with van der Waals surface area (Å²) in [4.78, 5) is 26.0. The predicted octanol–water partition coefficient (Wildman–Crippen LogP) is 1.59. The van der Waals surface area contributed by atoms with Crippen molar-refractivity contribution in [1.29, 1.82) is 0 Å². The molecule has 0 saturated heterocycles. The van der Waals surface area contributed by atoms with Gasteiger partial charge < -0.3 is 5.32 Å². The topological polar surface area (TPSA) is 87.7 Å². The molecule has 2 rings (SSSR count). The minimum absolute atomic E-state index is 0.163. The van der Waals surface area contributed by atoms with Crippen LogP contribution in [0, 0.1) is 6.92 Å². The van der Waals surface area contributed by atoms with Crippen LogP contribution in [0.1, 0.15) is 12.6 Å². The Labute approximate surface area is 120 Å². The van der Waals surface area contributed by atoms with E-state index in [1.54, 1.807) is 13.8 Å². The first-order chi connectivity index (χ1) is 9.56. The van der Waals surface area contributed by atoms with E-state index in [1.807, 2.05) is 30.3 Å². The monoisotopic (exact) mass is 290 g/mol. The van der Waals surface area contributed by atoms with Crippen molar-refractivity contribution in [3.63, 3.8) is 0 Å². The highest BCUT2D eigenvalue weighted by molar-refractivity contribution is 8.00. The standard InChI is InChI=1S/C13H14N4O2S/c1-8-11(18)15-13(17-16-8)20-9(2)12(19)14-10-6-4-3-5-7-10/h3-7,9H,1-2H3,(H,14,19)(H,15,17,18)/t9-/m0/s1. The lowest BCUT2D eigenvalue weighted by atomic mass is 10.3. The van der Waals surface area contributed by atoms with Crippen LogP contribution in [0.2, 0.25) is 0 Å². The lowest BCUT2D eigenvalue weighted by Gasteiger charge is -2.10. The van der Waals surface area contributed by atoms with Gasteiger partial charge >= 0.3 is 0 Å². The van der Waals surface area contributed by atoms with E-state index in [0.29, 0.717) is 10.9 Å². The number of carbonyl (C=O) groups is 1. The van der Waals surface area contributed by atoms with Crippen molar-refractivity contribution in [3.8, 4) is 0 Å². The first kappa shape index (κ1) is 14.3. The molecule has 104 valence electrons. The summed E-state index contributed by atoms with van der Waals surface area (Å²) in [6.45, 7) is 3.31. The Morgan fingerprint density at radius 1 is 1.30 bits per heavy atom. The average Bonchev–Trinajstić information content (AvgIpc) is 2.44. The zero-order chi connectivity index (χ0) is 14.5. The van der Waals surface area contributed by atoms with Gasteiger partial charge in [-0.25, -0.2) is 0 Å². The Bertz CT molecular complexity index is 657. The minimum Gasteiger partial charge on any atom is -0.325 e. The maximum atomic E-state index is 12.0. The second-order valence-corrected chi connectivity index (χ2v) is 5.49. The summed E-state index contributed by atoms with van der Waals surface area (Å²) in [5, 5.41) is 10.3. The maximum absolute atomic E-state index is 12.0. The fraction of sp³-hybridized carbons (Fsp3) is 0.231. The number of aromatic nitrogens is 3. The number of aromatic amines is 1. The number of amides is 1. The summed E-state index contributed by atoms with van der Waals surface area (Å²) < 4.78 is 0. The van der Waals surface area contributed by atoms with Gasteiger partial charge in [-0.05, 0) is 26.0 Å². The molecule has 0 saturated carbocycles. The smallest absolute Gasteiger partial charge is 0.273 e. The lowest BCUT2D eigenvalue weighted by molar-refractivity contribution is -0.115. The molecule has 7 heteroatoms. The van der Waals surface area contributed by atoms with Crippen molar-refractivity contribution in [2.45, 2.75) is 24.3 Å². The van der Waals surface area contributed by atoms with Crippen LogP contribution in [0.25, 0.3) is 0 Å². The molecule has 1 aromatic heterocycles. The Balaban J connectivity index is 2.00. The van der Waals surface area contributed by atoms with Crippen molar-refractivity contribution < 1.29 is 4.79 Å². The van der Waals surface area contributed by atoms with Gasteiger partial charge in [-0.1, -0.05) is 30.0 Å². The highest BCUT2D eigenvalue weighted by atomic mass is 32.2. The first-order valence-electron chi connectivity index (χ1n) is 6.02. The highest BCUT2D eigenvalue weighted by Gasteiger charge is 2.16. The molecule has 2 aromatic rings. The number of benzene rings is 1. The molecule has 0 spiro atoms. The molecule has 1 heterocycles. The molecule has 0 fully saturated rings. The largest absolute Gasteiger partial charge is 0.325 e. The number of carbonyl (C=O) groups excluding carboxylic acids is 1. The number of nitrogens with zero attached hydrogens (tertiary/aromatic N) is 2. The Kier molecular flexibility index (Phi) is 4.52. The molecular weight excluding hydrogens is 276 g/mol. The molecule has 1 atom stereocenters. The van der Waals surface area contributed by atoms with Gasteiger partial charge in [0.1, 0.15) is 5.69 Å². The van der Waals surface area contributed by atoms with E-state index in [-0.39, 0.29) is 11.5 Å². The summed E-state index contributed by atoms with van der Waals surface area (Å²) in [5.41, 5.74) is 0.738. The van der Waals surface area contributed by atoms with Crippen molar-refractivity contribution in [2.24, 2.45) is 0 Å². The van der Waals surface area contributed by atoms with Gasteiger partial charge in [0.25, 0.3) is 5.56 Å². The fourth-order valence-electron chi connectivity index (χ4n) is 1.42. The molecule has 0 unspecified atom stereocenters. The third-order valence-electron chi connectivity index (χ3n) is 2.54. The van der Waals surface area contributed by atoms with Gasteiger partial charge in [0, 0.05) is 5.69 Å². The van der Waals surface area contributed by atoms with Gasteiger partial charge in [-0.2, -0.15) is 0 Å². The molecule has 1 amide bonds. The molecule has 6 nitrogen and oxygen atoms in total. The minimum atomic E-state index is -0.400. The number of thioether (sulfide) groups is 1. The Morgan fingerprint density at radius 2 is 2.00 bits per heavy atom. The molecule has 0 bridgehead atoms. The number of hydrogen-bond donors (Lipinski definition) is 2. The van der Waals surface area contributed by atoms with Crippen LogP contribution >= 0.6 is 11.8 Å². The van der Waals surface area contributed by atoms with E-state index >= 15 is 0 Å². The van der Waals surface area contributed by atoms with Crippen molar-refractivity contribution in [1.82, 2.24) is 15.2 Å². The first-order valence-corrected chi connectivity index (χ1v) is 6.90. The maximum Gasteiger partial charge on any atom is 0.273 e. The summed E-state index contributed by atoms with van der Waals surface area (Å²) in [5.74, 6) is -0.163. The molecule has 0 aliphatic heterocycles. The van der Waals surface area contributed by atoms with Crippen LogP contribution in [0.15, 0.2) is 40.3 Å². The summed E-state index contributed by atoms with van der Waals surface area (Å²) in [6, 6.07) is 9.18. The van der Waals surface area contributed by atoms with E-state index < -0.39 is 5.25 Å².